The van der Waals surface area contributed by atoms with Crippen LogP contribution in [0.5, 0.6) is 0 Å². The Kier molecular flexibility index (Phi) is 4.09. The van der Waals surface area contributed by atoms with Crippen LogP contribution in [0.25, 0.3) is 0 Å². The summed E-state index contributed by atoms with van der Waals surface area (Å²) in [6, 6.07) is 14.2. The van der Waals surface area contributed by atoms with Gasteiger partial charge < -0.3 is 9.64 Å². The number of hydrogen-bond donors (Lipinski definition) is 0. The van der Waals surface area contributed by atoms with Gasteiger partial charge in [0.1, 0.15) is 5.92 Å². The molecule has 0 fully saturated rings. The molecule has 1 heterocycles. The molecule has 23 heavy (non-hydrogen) atoms. The molecule has 0 aliphatic carbocycles. The van der Waals surface area contributed by atoms with Gasteiger partial charge in [0.05, 0.1) is 13.2 Å². The van der Waals surface area contributed by atoms with Crippen LogP contribution in [0.4, 0.5) is 5.69 Å². The van der Waals surface area contributed by atoms with Crippen molar-refractivity contribution in [3.05, 3.63) is 64.7 Å². The second kappa shape index (κ2) is 6.05. The molecule has 2 aromatic carbocycles. The Hall–Kier alpha value is -2.33. The summed E-state index contributed by atoms with van der Waals surface area (Å²) in [6.07, 6.45) is 0. The maximum atomic E-state index is 12.4. The van der Waals surface area contributed by atoms with Gasteiger partial charge in [-0.25, -0.2) is 0 Å². The Labute approximate surface area is 139 Å². The number of amides is 1. The van der Waals surface area contributed by atoms with Crippen molar-refractivity contribution in [1.29, 1.82) is 0 Å². The van der Waals surface area contributed by atoms with Crippen LogP contribution in [-0.2, 0) is 14.3 Å². The van der Waals surface area contributed by atoms with E-state index < -0.39 is 12.0 Å². The summed E-state index contributed by atoms with van der Waals surface area (Å²) < 4.78 is 4.99. The lowest BCUT2D eigenvalue weighted by Gasteiger charge is -2.27. The number of benzene rings is 2. The Balaban J connectivity index is 2.19. The Morgan fingerprint density at radius 2 is 1.74 bits per heavy atom. The first kappa shape index (κ1) is 15.6. The smallest absolute Gasteiger partial charge is 0.315 e. The molecular formula is C18H16ClNO3. The van der Waals surface area contributed by atoms with Gasteiger partial charge in [0.15, 0.2) is 0 Å². The predicted octanol–water partition coefficient (Wildman–Crippen LogP) is 3.70. The first-order valence-electron chi connectivity index (χ1n) is 7.26. The summed E-state index contributed by atoms with van der Waals surface area (Å²) in [5.41, 5.74) is 2.39. The second-order valence-electron chi connectivity index (χ2n) is 5.45. The minimum Gasteiger partial charge on any atom is -0.468 e. The zero-order chi connectivity index (χ0) is 16.6. The van der Waals surface area contributed by atoms with Crippen molar-refractivity contribution >= 4 is 29.2 Å². The van der Waals surface area contributed by atoms with Crippen LogP contribution >= 0.6 is 11.6 Å². The third-order valence-electron chi connectivity index (χ3n) is 4.13. The van der Waals surface area contributed by atoms with E-state index in [9.17, 15) is 9.59 Å². The molecule has 1 aliphatic rings. The summed E-state index contributed by atoms with van der Waals surface area (Å²) in [4.78, 5) is 26.3. The minimum atomic E-state index is -0.554. The zero-order valence-corrected chi connectivity index (χ0v) is 13.6. The third-order valence-corrected chi connectivity index (χ3v) is 4.38. The molecular weight excluding hydrogens is 314 g/mol. The number of para-hydroxylation sites is 1. The number of nitrogens with zero attached hydrogens (tertiary/aromatic N) is 1. The third kappa shape index (κ3) is 2.59. The van der Waals surface area contributed by atoms with Gasteiger partial charge in [-0.2, -0.15) is 0 Å². The van der Waals surface area contributed by atoms with Gasteiger partial charge in [-0.05, 0) is 29.3 Å². The molecule has 118 valence electrons. The van der Waals surface area contributed by atoms with E-state index in [0.29, 0.717) is 5.02 Å². The highest BCUT2D eigenvalue weighted by molar-refractivity contribution is 6.30. The first-order chi connectivity index (χ1) is 11.0. The van der Waals surface area contributed by atoms with E-state index >= 15 is 0 Å². The van der Waals surface area contributed by atoms with E-state index in [2.05, 4.69) is 0 Å². The highest BCUT2D eigenvalue weighted by Gasteiger charge is 2.45. The summed E-state index contributed by atoms with van der Waals surface area (Å²) in [6.45, 7) is 1.50. The average molecular weight is 330 g/mol. The van der Waals surface area contributed by atoms with E-state index in [4.69, 9.17) is 16.3 Å². The molecule has 0 unspecified atom stereocenters. The summed E-state index contributed by atoms with van der Waals surface area (Å²) in [5, 5.41) is 0.605. The van der Waals surface area contributed by atoms with E-state index in [0.717, 1.165) is 16.8 Å². The van der Waals surface area contributed by atoms with Crippen LogP contribution in [0.2, 0.25) is 5.02 Å². The Morgan fingerprint density at radius 1 is 1.09 bits per heavy atom. The fourth-order valence-electron chi connectivity index (χ4n) is 3.19. The van der Waals surface area contributed by atoms with E-state index in [1.807, 2.05) is 36.4 Å². The molecule has 5 heteroatoms. The zero-order valence-electron chi connectivity index (χ0n) is 12.8. The Morgan fingerprint density at radius 3 is 2.35 bits per heavy atom. The van der Waals surface area contributed by atoms with Crippen molar-refractivity contribution < 1.29 is 14.3 Å². The van der Waals surface area contributed by atoms with Gasteiger partial charge in [-0.3, -0.25) is 9.59 Å². The van der Waals surface area contributed by atoms with Gasteiger partial charge in [0, 0.05) is 17.6 Å². The monoisotopic (exact) mass is 329 g/mol. The summed E-state index contributed by atoms with van der Waals surface area (Å²) in [5.74, 6) is -1.04. The van der Waals surface area contributed by atoms with Crippen LogP contribution in [0, 0.1) is 0 Å². The van der Waals surface area contributed by atoms with Crippen LogP contribution in [-0.4, -0.2) is 19.0 Å². The molecule has 0 radical (unpaired) electrons. The maximum absolute atomic E-state index is 12.4. The van der Waals surface area contributed by atoms with Gasteiger partial charge >= 0.3 is 5.97 Å². The predicted molar refractivity (Wildman–Crippen MR) is 88.6 cm³/mol. The number of fused-ring (bicyclic) bond motifs is 1. The summed E-state index contributed by atoms with van der Waals surface area (Å²) >= 11 is 5.96. The molecule has 2 aromatic rings. The molecule has 2 atom stereocenters. The first-order valence-corrected chi connectivity index (χ1v) is 7.64. The van der Waals surface area contributed by atoms with Gasteiger partial charge in [0.25, 0.3) is 0 Å². The van der Waals surface area contributed by atoms with Crippen molar-refractivity contribution in [2.75, 3.05) is 12.0 Å². The number of ether oxygens (including phenoxy) is 1. The molecule has 0 saturated heterocycles. The maximum Gasteiger partial charge on any atom is 0.315 e. The van der Waals surface area contributed by atoms with E-state index in [1.165, 1.54) is 14.0 Å². The fourth-order valence-corrected chi connectivity index (χ4v) is 3.31. The van der Waals surface area contributed by atoms with Crippen molar-refractivity contribution in [2.45, 2.75) is 18.9 Å². The van der Waals surface area contributed by atoms with Gasteiger partial charge in [0.2, 0.25) is 5.91 Å². The molecule has 0 spiro atoms. The Bertz CT molecular complexity index is 757. The standard InChI is InChI=1S/C18H16ClNO3/c1-11(21)20-15-6-4-3-5-14(15)16(18(22)23-2)17(20)12-7-9-13(19)10-8-12/h3-10,16-17H,1-2H3/t16-,17+/m0/s1. The lowest BCUT2D eigenvalue weighted by atomic mass is 9.90. The highest BCUT2D eigenvalue weighted by atomic mass is 35.5. The molecule has 3 rings (SSSR count). The SMILES string of the molecule is COC(=O)[C@H]1c2ccccc2N(C(C)=O)[C@@H]1c1ccc(Cl)cc1. The van der Waals surface area contributed by atoms with Crippen LogP contribution in [0.1, 0.15) is 30.0 Å². The molecule has 4 nitrogen and oxygen atoms in total. The van der Waals surface area contributed by atoms with E-state index in [-0.39, 0.29) is 11.9 Å². The molecule has 0 bridgehead atoms. The largest absolute Gasteiger partial charge is 0.468 e. The lowest BCUT2D eigenvalue weighted by molar-refractivity contribution is -0.142. The highest BCUT2D eigenvalue weighted by Crippen LogP contribution is 2.49. The quantitative estimate of drug-likeness (QED) is 0.789. The normalized spacial score (nSPS) is 19.3. The lowest BCUT2D eigenvalue weighted by Crippen LogP contribution is -2.33. The number of carbonyl (C=O) groups is 2. The number of esters is 1. The number of hydrogen-bond acceptors (Lipinski definition) is 3. The number of methoxy groups -OCH3 is 1. The van der Waals surface area contributed by atoms with Crippen molar-refractivity contribution in [2.24, 2.45) is 0 Å². The topological polar surface area (TPSA) is 46.6 Å². The van der Waals surface area contributed by atoms with Gasteiger partial charge in [-0.15, -0.1) is 0 Å². The van der Waals surface area contributed by atoms with Gasteiger partial charge in [-0.1, -0.05) is 41.9 Å². The molecule has 0 aromatic heterocycles. The molecule has 1 aliphatic heterocycles. The van der Waals surface area contributed by atoms with Crippen LogP contribution in [0.15, 0.2) is 48.5 Å². The fraction of sp³-hybridized carbons (Fsp3) is 0.222. The van der Waals surface area contributed by atoms with Crippen molar-refractivity contribution in [1.82, 2.24) is 0 Å². The molecule has 0 N–H and O–H groups in total. The number of anilines is 1. The number of carbonyl (C=O) groups excluding carboxylic acids is 2. The molecule has 0 saturated carbocycles. The van der Waals surface area contributed by atoms with Crippen molar-refractivity contribution in [3.63, 3.8) is 0 Å². The second-order valence-corrected chi connectivity index (χ2v) is 5.88. The number of halogens is 1. The summed E-state index contributed by atoms with van der Waals surface area (Å²) in [7, 11) is 1.36. The average Bonchev–Trinajstić information content (AvgIpc) is 2.90. The molecule has 1 amide bonds. The van der Waals surface area contributed by atoms with Crippen LogP contribution in [0.3, 0.4) is 0 Å². The van der Waals surface area contributed by atoms with E-state index in [1.54, 1.807) is 17.0 Å². The van der Waals surface area contributed by atoms with Crippen molar-refractivity contribution in [3.8, 4) is 0 Å². The number of rotatable bonds is 2. The van der Waals surface area contributed by atoms with Crippen LogP contribution < -0.4 is 4.90 Å². The minimum absolute atomic E-state index is 0.121.